The summed E-state index contributed by atoms with van der Waals surface area (Å²) in [7, 11) is 1.19. The van der Waals surface area contributed by atoms with E-state index in [1.807, 2.05) is 0 Å². The Bertz CT molecular complexity index is 532. The van der Waals surface area contributed by atoms with Crippen molar-refractivity contribution in [3.05, 3.63) is 29.3 Å². The van der Waals surface area contributed by atoms with Gasteiger partial charge in [-0.15, -0.1) is 0 Å². The number of benzene rings is 1. The van der Waals surface area contributed by atoms with Crippen LogP contribution in [0.4, 0.5) is 10.5 Å². The first kappa shape index (κ1) is 16.8. The number of nitrogens with one attached hydrogen (secondary N) is 1. The number of rotatable bonds is 5. The van der Waals surface area contributed by atoms with E-state index in [0.717, 1.165) is 4.90 Å². The van der Waals surface area contributed by atoms with Crippen LogP contribution in [0.5, 0.6) is 0 Å². The molecule has 0 fully saturated rings. The minimum absolute atomic E-state index is 0.344. The molecule has 0 bridgehead atoms. The van der Waals surface area contributed by atoms with Gasteiger partial charge in [-0.05, 0) is 31.2 Å². The maximum absolute atomic E-state index is 12.1. The predicted octanol–water partition coefficient (Wildman–Crippen LogP) is 1.50. The predicted molar refractivity (Wildman–Crippen MR) is 76.4 cm³/mol. The summed E-state index contributed by atoms with van der Waals surface area (Å²) in [5, 5.41) is 11.7. The van der Waals surface area contributed by atoms with Crippen LogP contribution < -0.4 is 10.2 Å². The van der Waals surface area contributed by atoms with Gasteiger partial charge >= 0.3 is 18.0 Å². The van der Waals surface area contributed by atoms with Gasteiger partial charge in [0.25, 0.3) is 0 Å². The first-order valence-corrected chi connectivity index (χ1v) is 6.36. The first-order valence-electron chi connectivity index (χ1n) is 5.98. The monoisotopic (exact) mass is 314 g/mol. The van der Waals surface area contributed by atoms with Crippen LogP contribution in [0.3, 0.4) is 0 Å². The van der Waals surface area contributed by atoms with Crippen LogP contribution in [0.1, 0.15) is 6.92 Å². The van der Waals surface area contributed by atoms with Gasteiger partial charge in [0, 0.05) is 10.7 Å². The van der Waals surface area contributed by atoms with E-state index in [1.165, 1.54) is 38.3 Å². The van der Waals surface area contributed by atoms with Crippen LogP contribution >= 0.6 is 11.6 Å². The number of methoxy groups -OCH3 is 1. The molecule has 1 rings (SSSR count). The highest BCUT2D eigenvalue weighted by molar-refractivity contribution is 6.30. The fourth-order valence-corrected chi connectivity index (χ4v) is 1.66. The molecule has 1 aromatic carbocycles. The van der Waals surface area contributed by atoms with E-state index in [2.05, 4.69) is 10.1 Å². The molecule has 1 aromatic rings. The smallest absolute Gasteiger partial charge is 0.328 e. The van der Waals surface area contributed by atoms with Crippen LogP contribution in [0.15, 0.2) is 24.3 Å². The number of carbonyl (C=O) groups excluding carboxylic acids is 2. The third-order valence-corrected chi connectivity index (χ3v) is 2.82. The molecule has 1 atom stereocenters. The Balaban J connectivity index is 2.91. The number of carboxylic acid groups (broad SMARTS) is 1. The van der Waals surface area contributed by atoms with E-state index in [0.29, 0.717) is 10.7 Å². The molecule has 7 nitrogen and oxygen atoms in total. The number of aliphatic carboxylic acids is 1. The second-order valence-corrected chi connectivity index (χ2v) is 4.59. The summed E-state index contributed by atoms with van der Waals surface area (Å²) in [4.78, 5) is 35.3. The summed E-state index contributed by atoms with van der Waals surface area (Å²) >= 11 is 5.75. The van der Waals surface area contributed by atoms with Gasteiger partial charge in [0.2, 0.25) is 0 Å². The molecule has 1 unspecified atom stereocenters. The van der Waals surface area contributed by atoms with Crippen LogP contribution in [-0.2, 0) is 14.3 Å². The third-order valence-electron chi connectivity index (χ3n) is 2.57. The van der Waals surface area contributed by atoms with E-state index in [-0.39, 0.29) is 0 Å². The van der Waals surface area contributed by atoms with E-state index in [1.54, 1.807) is 0 Å². The van der Waals surface area contributed by atoms with Gasteiger partial charge in [0.1, 0.15) is 12.6 Å². The maximum atomic E-state index is 12.1. The molecule has 0 saturated heterocycles. The van der Waals surface area contributed by atoms with Gasteiger partial charge in [0.15, 0.2) is 0 Å². The van der Waals surface area contributed by atoms with E-state index >= 15 is 0 Å². The van der Waals surface area contributed by atoms with Crippen LogP contribution in [-0.4, -0.2) is 42.8 Å². The zero-order chi connectivity index (χ0) is 16.0. The average Bonchev–Trinajstić information content (AvgIpc) is 2.44. The number of hydrogen-bond acceptors (Lipinski definition) is 4. The third kappa shape index (κ3) is 4.96. The fourth-order valence-electron chi connectivity index (χ4n) is 1.54. The quantitative estimate of drug-likeness (QED) is 0.803. The standard InChI is InChI=1S/C13H15ClN2O5/c1-8(12(19)21-2)15-13(20)16(7-11(17)18)10-5-3-9(14)4-6-10/h3-6,8H,7H2,1-2H3,(H,15,20)(H,17,18). The van der Waals surface area contributed by atoms with Crippen molar-refractivity contribution in [3.8, 4) is 0 Å². The molecule has 0 aromatic heterocycles. The van der Waals surface area contributed by atoms with E-state index < -0.39 is 30.6 Å². The Labute approximate surface area is 126 Å². The molecule has 0 spiro atoms. The molecular formula is C13H15ClN2O5. The van der Waals surface area contributed by atoms with Crippen LogP contribution in [0.25, 0.3) is 0 Å². The number of amides is 2. The fraction of sp³-hybridized carbons (Fsp3) is 0.308. The molecule has 0 heterocycles. The second kappa shape index (κ2) is 7.49. The molecule has 0 saturated carbocycles. The van der Waals surface area contributed by atoms with Gasteiger partial charge in [-0.2, -0.15) is 0 Å². The lowest BCUT2D eigenvalue weighted by Crippen LogP contribution is -2.48. The van der Waals surface area contributed by atoms with Crippen LogP contribution in [0, 0.1) is 0 Å². The lowest BCUT2D eigenvalue weighted by Gasteiger charge is -2.23. The zero-order valence-electron chi connectivity index (χ0n) is 11.5. The minimum atomic E-state index is -1.19. The number of halogens is 1. The maximum Gasteiger partial charge on any atom is 0.328 e. The Morgan fingerprint density at radius 2 is 1.90 bits per heavy atom. The number of carboxylic acids is 1. The number of ether oxygens (including phenoxy) is 1. The average molecular weight is 315 g/mol. The van der Waals surface area contributed by atoms with Crippen molar-refractivity contribution in [2.45, 2.75) is 13.0 Å². The van der Waals surface area contributed by atoms with Crippen molar-refractivity contribution in [2.24, 2.45) is 0 Å². The highest BCUT2D eigenvalue weighted by Crippen LogP contribution is 2.18. The number of carbonyl (C=O) groups is 3. The molecule has 2 amide bonds. The van der Waals surface area contributed by atoms with Crippen molar-refractivity contribution in [3.63, 3.8) is 0 Å². The molecule has 0 radical (unpaired) electrons. The number of urea groups is 1. The molecule has 0 aliphatic rings. The molecule has 0 aliphatic heterocycles. The van der Waals surface area contributed by atoms with E-state index in [4.69, 9.17) is 16.7 Å². The summed E-state index contributed by atoms with van der Waals surface area (Å²) < 4.78 is 4.49. The van der Waals surface area contributed by atoms with E-state index in [9.17, 15) is 14.4 Å². The number of hydrogen-bond donors (Lipinski definition) is 2. The molecular weight excluding hydrogens is 300 g/mol. The number of nitrogens with zero attached hydrogens (tertiary/aromatic N) is 1. The largest absolute Gasteiger partial charge is 0.480 e. The number of esters is 1. The van der Waals surface area contributed by atoms with Gasteiger partial charge in [-0.3, -0.25) is 9.69 Å². The Kier molecular flexibility index (Phi) is 5.98. The summed E-state index contributed by atoms with van der Waals surface area (Å²) in [5.74, 6) is -1.82. The topological polar surface area (TPSA) is 95.9 Å². The molecule has 21 heavy (non-hydrogen) atoms. The molecule has 0 aliphatic carbocycles. The lowest BCUT2D eigenvalue weighted by atomic mass is 10.3. The first-order chi connectivity index (χ1) is 9.85. The Morgan fingerprint density at radius 1 is 1.33 bits per heavy atom. The van der Waals surface area contributed by atoms with Crippen molar-refractivity contribution in [2.75, 3.05) is 18.6 Å². The van der Waals surface area contributed by atoms with Crippen LogP contribution in [0.2, 0.25) is 5.02 Å². The minimum Gasteiger partial charge on any atom is -0.480 e. The Hall–Kier alpha value is -2.28. The van der Waals surface area contributed by atoms with Gasteiger partial charge in [-0.25, -0.2) is 9.59 Å². The lowest BCUT2D eigenvalue weighted by molar-refractivity contribution is -0.142. The highest BCUT2D eigenvalue weighted by Gasteiger charge is 2.23. The highest BCUT2D eigenvalue weighted by atomic mass is 35.5. The summed E-state index contributed by atoms with van der Waals surface area (Å²) in [6.07, 6.45) is 0. The van der Waals surface area contributed by atoms with Crippen molar-refractivity contribution >= 4 is 35.3 Å². The summed E-state index contributed by atoms with van der Waals surface area (Å²) in [6, 6.07) is 4.45. The van der Waals surface area contributed by atoms with Gasteiger partial charge in [0.05, 0.1) is 7.11 Å². The van der Waals surface area contributed by atoms with Gasteiger partial charge in [-0.1, -0.05) is 11.6 Å². The zero-order valence-corrected chi connectivity index (χ0v) is 12.3. The molecule has 8 heteroatoms. The molecule has 2 N–H and O–H groups in total. The summed E-state index contributed by atoms with van der Waals surface area (Å²) in [6.45, 7) is 0.881. The summed E-state index contributed by atoms with van der Waals surface area (Å²) in [5.41, 5.74) is 0.344. The van der Waals surface area contributed by atoms with Crippen molar-refractivity contribution in [1.82, 2.24) is 5.32 Å². The SMILES string of the molecule is COC(=O)C(C)NC(=O)N(CC(=O)O)c1ccc(Cl)cc1. The molecule has 114 valence electrons. The number of anilines is 1. The van der Waals surface area contributed by atoms with Crippen molar-refractivity contribution < 1.29 is 24.2 Å². The Morgan fingerprint density at radius 3 is 2.38 bits per heavy atom. The van der Waals surface area contributed by atoms with Gasteiger partial charge < -0.3 is 15.2 Å². The normalized spacial score (nSPS) is 11.4. The second-order valence-electron chi connectivity index (χ2n) is 4.15. The van der Waals surface area contributed by atoms with Crippen molar-refractivity contribution in [1.29, 1.82) is 0 Å².